The second-order valence-corrected chi connectivity index (χ2v) is 5.25. The molecule has 0 radical (unpaired) electrons. The number of pyridine rings is 2. The Balaban J connectivity index is 2.10. The first-order valence-corrected chi connectivity index (χ1v) is 7.49. The molecule has 3 heterocycles. The average Bonchev–Trinajstić information content (AvgIpc) is 2.67. The van der Waals surface area contributed by atoms with Crippen LogP contribution in [-0.2, 0) is 6.42 Å². The standard InChI is InChI=1S/C16H17FN4O2/c1-2-21-14-11(8-10(9-18-14)4-3-7-22)16(23)19-12-5-6-13(17)20-15(12)21/h5-6,8-9,22H,2-4,7H2,1H3,(H,19,23). The number of amides is 1. The molecule has 1 aliphatic rings. The molecule has 6 nitrogen and oxygen atoms in total. The summed E-state index contributed by atoms with van der Waals surface area (Å²) in [5, 5.41) is 11.7. The van der Waals surface area contributed by atoms with Gasteiger partial charge in [0.1, 0.15) is 5.82 Å². The molecule has 0 unspecified atom stereocenters. The molecule has 120 valence electrons. The van der Waals surface area contributed by atoms with Crippen LogP contribution in [0.15, 0.2) is 24.4 Å². The molecule has 0 bridgehead atoms. The van der Waals surface area contributed by atoms with E-state index in [9.17, 15) is 9.18 Å². The molecule has 0 spiro atoms. The van der Waals surface area contributed by atoms with Crippen LogP contribution in [0.5, 0.6) is 0 Å². The minimum Gasteiger partial charge on any atom is -0.396 e. The van der Waals surface area contributed by atoms with E-state index in [2.05, 4.69) is 15.3 Å². The summed E-state index contributed by atoms with van der Waals surface area (Å²) >= 11 is 0. The van der Waals surface area contributed by atoms with Gasteiger partial charge in [0.05, 0.1) is 11.3 Å². The molecule has 1 aliphatic heterocycles. The van der Waals surface area contributed by atoms with Gasteiger partial charge in [0, 0.05) is 19.3 Å². The highest BCUT2D eigenvalue weighted by atomic mass is 19.1. The first-order valence-electron chi connectivity index (χ1n) is 7.49. The third kappa shape index (κ3) is 2.87. The topological polar surface area (TPSA) is 78.4 Å². The zero-order valence-electron chi connectivity index (χ0n) is 12.7. The predicted molar refractivity (Wildman–Crippen MR) is 84.5 cm³/mol. The highest BCUT2D eigenvalue weighted by Crippen LogP contribution is 2.35. The third-order valence-electron chi connectivity index (χ3n) is 3.71. The molecule has 2 N–H and O–H groups in total. The molecule has 23 heavy (non-hydrogen) atoms. The van der Waals surface area contributed by atoms with Crippen molar-refractivity contribution in [3.8, 4) is 0 Å². The van der Waals surface area contributed by atoms with Crippen LogP contribution in [0.4, 0.5) is 21.7 Å². The Morgan fingerprint density at radius 3 is 2.91 bits per heavy atom. The third-order valence-corrected chi connectivity index (χ3v) is 3.71. The number of aliphatic hydroxyl groups excluding tert-OH is 1. The van der Waals surface area contributed by atoms with Gasteiger partial charge in [0.25, 0.3) is 5.91 Å². The van der Waals surface area contributed by atoms with E-state index < -0.39 is 5.95 Å². The normalized spacial score (nSPS) is 13.2. The maximum Gasteiger partial charge on any atom is 0.259 e. The Labute approximate surface area is 133 Å². The van der Waals surface area contributed by atoms with Crippen LogP contribution in [0.1, 0.15) is 29.3 Å². The van der Waals surface area contributed by atoms with Crippen LogP contribution in [0.2, 0.25) is 0 Å². The molecule has 0 atom stereocenters. The number of carbonyl (C=O) groups excluding carboxylic acids is 1. The zero-order chi connectivity index (χ0) is 16.4. The molecule has 7 heteroatoms. The van der Waals surface area contributed by atoms with Gasteiger partial charge in [0.15, 0.2) is 5.82 Å². The number of carbonyl (C=O) groups is 1. The fraction of sp³-hybridized carbons (Fsp3) is 0.312. The largest absolute Gasteiger partial charge is 0.396 e. The maximum absolute atomic E-state index is 13.5. The number of halogens is 1. The van der Waals surface area contributed by atoms with Crippen LogP contribution in [-0.4, -0.2) is 34.1 Å². The minimum atomic E-state index is -0.612. The van der Waals surface area contributed by atoms with Crippen molar-refractivity contribution in [1.29, 1.82) is 0 Å². The summed E-state index contributed by atoms with van der Waals surface area (Å²) in [5.41, 5.74) is 1.74. The Morgan fingerprint density at radius 1 is 1.35 bits per heavy atom. The first-order chi connectivity index (χ1) is 11.1. The summed E-state index contributed by atoms with van der Waals surface area (Å²) in [5.74, 6) is -0.117. The number of hydrogen-bond donors (Lipinski definition) is 2. The van der Waals surface area contributed by atoms with Crippen molar-refractivity contribution in [2.24, 2.45) is 0 Å². The van der Waals surface area contributed by atoms with Crippen LogP contribution in [0, 0.1) is 5.95 Å². The maximum atomic E-state index is 13.5. The van der Waals surface area contributed by atoms with Crippen molar-refractivity contribution in [3.05, 3.63) is 41.5 Å². The smallest absolute Gasteiger partial charge is 0.259 e. The lowest BCUT2D eigenvalue weighted by atomic mass is 10.1. The summed E-state index contributed by atoms with van der Waals surface area (Å²) in [6.07, 6.45) is 2.91. The fourth-order valence-electron chi connectivity index (χ4n) is 2.62. The van der Waals surface area contributed by atoms with Crippen LogP contribution in [0.3, 0.4) is 0 Å². The lowest BCUT2D eigenvalue weighted by Crippen LogP contribution is -2.20. The number of aliphatic hydroxyl groups is 1. The van der Waals surface area contributed by atoms with E-state index in [1.165, 1.54) is 12.1 Å². The van der Waals surface area contributed by atoms with E-state index in [0.717, 1.165) is 5.56 Å². The first kappa shape index (κ1) is 15.4. The van der Waals surface area contributed by atoms with E-state index in [0.29, 0.717) is 42.3 Å². The SMILES string of the molecule is CCN1c2nc(F)ccc2NC(=O)c2cc(CCCO)cnc21. The van der Waals surface area contributed by atoms with Crippen molar-refractivity contribution in [2.45, 2.75) is 19.8 Å². The van der Waals surface area contributed by atoms with Crippen molar-refractivity contribution < 1.29 is 14.3 Å². The van der Waals surface area contributed by atoms with Gasteiger partial charge in [-0.3, -0.25) is 4.79 Å². The molecular weight excluding hydrogens is 299 g/mol. The lowest BCUT2D eigenvalue weighted by molar-refractivity contribution is 0.102. The van der Waals surface area contributed by atoms with Gasteiger partial charge >= 0.3 is 0 Å². The fourth-order valence-corrected chi connectivity index (χ4v) is 2.62. The second-order valence-electron chi connectivity index (χ2n) is 5.25. The number of hydrogen-bond acceptors (Lipinski definition) is 5. The number of aryl methyl sites for hydroxylation is 1. The van der Waals surface area contributed by atoms with Crippen LogP contribution >= 0.6 is 0 Å². The van der Waals surface area contributed by atoms with E-state index in [4.69, 9.17) is 5.11 Å². The number of aromatic nitrogens is 2. The molecular formula is C16H17FN4O2. The monoisotopic (exact) mass is 316 g/mol. The number of nitrogens with zero attached hydrogens (tertiary/aromatic N) is 3. The molecule has 0 fully saturated rings. The molecule has 0 aromatic carbocycles. The van der Waals surface area contributed by atoms with Gasteiger partial charge < -0.3 is 15.3 Å². The average molecular weight is 316 g/mol. The summed E-state index contributed by atoms with van der Waals surface area (Å²) in [7, 11) is 0. The van der Waals surface area contributed by atoms with Gasteiger partial charge in [-0.2, -0.15) is 9.37 Å². The van der Waals surface area contributed by atoms with E-state index in [1.807, 2.05) is 6.92 Å². The van der Waals surface area contributed by atoms with Crippen LogP contribution in [0.25, 0.3) is 0 Å². The number of rotatable bonds is 4. The van der Waals surface area contributed by atoms with Gasteiger partial charge in [-0.1, -0.05) is 0 Å². The van der Waals surface area contributed by atoms with Crippen molar-refractivity contribution in [2.75, 3.05) is 23.4 Å². The van der Waals surface area contributed by atoms with Crippen LogP contribution < -0.4 is 10.2 Å². The lowest BCUT2D eigenvalue weighted by Gasteiger charge is -2.22. The van der Waals surface area contributed by atoms with Crippen molar-refractivity contribution in [1.82, 2.24) is 9.97 Å². The number of fused-ring (bicyclic) bond motifs is 2. The zero-order valence-corrected chi connectivity index (χ0v) is 12.7. The van der Waals surface area contributed by atoms with Gasteiger partial charge in [0.2, 0.25) is 5.95 Å². The molecule has 0 saturated heterocycles. The van der Waals surface area contributed by atoms with Crippen molar-refractivity contribution in [3.63, 3.8) is 0 Å². The minimum absolute atomic E-state index is 0.0823. The van der Waals surface area contributed by atoms with Gasteiger partial charge in [-0.15, -0.1) is 0 Å². The molecule has 2 aromatic rings. The van der Waals surface area contributed by atoms with E-state index in [-0.39, 0.29) is 12.5 Å². The highest BCUT2D eigenvalue weighted by Gasteiger charge is 2.27. The Hall–Kier alpha value is -2.54. The second kappa shape index (κ2) is 6.29. The van der Waals surface area contributed by atoms with Gasteiger partial charge in [-0.25, -0.2) is 4.98 Å². The summed E-state index contributed by atoms with van der Waals surface area (Å²) in [4.78, 5) is 22.5. The summed E-state index contributed by atoms with van der Waals surface area (Å²) < 4.78 is 13.5. The molecule has 3 rings (SSSR count). The van der Waals surface area contributed by atoms with E-state index >= 15 is 0 Å². The summed E-state index contributed by atoms with van der Waals surface area (Å²) in [6, 6.07) is 4.47. The Bertz CT molecular complexity index is 751. The Kier molecular flexibility index (Phi) is 4.20. The highest BCUT2D eigenvalue weighted by molar-refractivity contribution is 6.11. The van der Waals surface area contributed by atoms with Gasteiger partial charge in [-0.05, 0) is 43.5 Å². The molecule has 0 aliphatic carbocycles. The predicted octanol–water partition coefficient (Wildman–Crippen LogP) is 2.26. The molecule has 0 saturated carbocycles. The molecule has 2 aromatic heterocycles. The molecule has 1 amide bonds. The Morgan fingerprint density at radius 2 is 2.17 bits per heavy atom. The number of anilines is 3. The van der Waals surface area contributed by atoms with E-state index in [1.54, 1.807) is 17.2 Å². The summed E-state index contributed by atoms with van der Waals surface area (Å²) in [6.45, 7) is 2.46. The quantitative estimate of drug-likeness (QED) is 0.846. The number of nitrogens with one attached hydrogen (secondary N) is 1. The van der Waals surface area contributed by atoms with Crippen molar-refractivity contribution >= 4 is 23.2 Å².